The first-order valence-corrected chi connectivity index (χ1v) is 7.10. The fourth-order valence-electron chi connectivity index (χ4n) is 2.22. The zero-order valence-electron chi connectivity index (χ0n) is 12.4. The van der Waals surface area contributed by atoms with Crippen molar-refractivity contribution in [2.24, 2.45) is 0 Å². The quantitative estimate of drug-likeness (QED) is 0.408. The number of ether oxygens (including phenoxy) is 1. The number of carbonyl (C=O) groups excluding carboxylic acids is 1. The smallest absolute Gasteiger partial charge is 0.229 e. The second-order valence-corrected chi connectivity index (χ2v) is 4.97. The molecule has 0 heterocycles. The first-order chi connectivity index (χ1) is 10.1. The van der Waals surface area contributed by atoms with Crippen molar-refractivity contribution in [3.8, 4) is 0 Å². The molecule has 6 nitrogen and oxygen atoms in total. The van der Waals surface area contributed by atoms with Gasteiger partial charge >= 0.3 is 0 Å². The van der Waals surface area contributed by atoms with Crippen LogP contribution in [0.25, 0.3) is 0 Å². The van der Waals surface area contributed by atoms with Crippen LogP contribution >= 0.6 is 0 Å². The Kier molecular flexibility index (Phi) is 7.39. The van der Waals surface area contributed by atoms with Gasteiger partial charge in [-0.1, -0.05) is 43.7 Å². The highest BCUT2D eigenvalue weighted by Crippen LogP contribution is 2.24. The molecule has 6 heteroatoms. The molecule has 1 aromatic carbocycles. The van der Waals surface area contributed by atoms with Crippen LogP contribution in [-0.2, 0) is 9.53 Å². The minimum absolute atomic E-state index is 0.231. The van der Waals surface area contributed by atoms with E-state index in [-0.39, 0.29) is 17.5 Å². The molecular weight excluding hydrogens is 272 g/mol. The first-order valence-electron chi connectivity index (χ1n) is 7.10. The number of nitro groups is 1. The van der Waals surface area contributed by atoms with Gasteiger partial charge in [-0.15, -0.1) is 0 Å². The molecule has 21 heavy (non-hydrogen) atoms. The van der Waals surface area contributed by atoms with Gasteiger partial charge in [0.25, 0.3) is 0 Å². The summed E-state index contributed by atoms with van der Waals surface area (Å²) >= 11 is 0. The molecule has 116 valence electrons. The predicted octanol–water partition coefficient (Wildman–Crippen LogP) is 2.32. The summed E-state index contributed by atoms with van der Waals surface area (Å²) in [6.07, 6.45) is 1.15. The molecule has 0 aliphatic rings. The lowest BCUT2D eigenvalue weighted by atomic mass is 10.0. The van der Waals surface area contributed by atoms with Gasteiger partial charge in [-0.3, -0.25) is 14.9 Å². The van der Waals surface area contributed by atoms with E-state index in [1.807, 2.05) is 44.2 Å². The van der Waals surface area contributed by atoms with Crippen molar-refractivity contribution in [1.29, 1.82) is 0 Å². The minimum atomic E-state index is -0.467. The lowest BCUT2D eigenvalue weighted by Gasteiger charge is -2.27. The molecular formula is C15H22N2O4. The van der Waals surface area contributed by atoms with E-state index in [1.54, 1.807) is 0 Å². The van der Waals surface area contributed by atoms with Gasteiger partial charge in [0.05, 0.1) is 6.04 Å². The number of carbonyl (C=O) groups is 1. The number of nitrogens with one attached hydrogen (secondary N) is 1. The summed E-state index contributed by atoms with van der Waals surface area (Å²) in [5, 5.41) is 13.4. The first kappa shape index (κ1) is 17.1. The molecule has 0 aliphatic heterocycles. The number of hydrogen-bond acceptors (Lipinski definition) is 4. The molecule has 1 aromatic rings. The molecule has 0 spiro atoms. The van der Waals surface area contributed by atoms with Crippen molar-refractivity contribution >= 4 is 6.41 Å². The monoisotopic (exact) mass is 294 g/mol. The summed E-state index contributed by atoms with van der Waals surface area (Å²) in [5.74, 6) is 0. The van der Waals surface area contributed by atoms with E-state index in [9.17, 15) is 14.9 Å². The van der Waals surface area contributed by atoms with E-state index in [0.717, 1.165) is 12.0 Å². The Morgan fingerprint density at radius 3 is 2.57 bits per heavy atom. The fraction of sp³-hybridized carbons (Fsp3) is 0.533. The van der Waals surface area contributed by atoms with E-state index in [4.69, 9.17) is 4.74 Å². The average Bonchev–Trinajstić information content (AvgIpc) is 2.45. The summed E-state index contributed by atoms with van der Waals surface area (Å²) in [5.41, 5.74) is 0.892. The second kappa shape index (κ2) is 9.07. The summed E-state index contributed by atoms with van der Waals surface area (Å²) in [4.78, 5) is 21.1. The fourth-order valence-corrected chi connectivity index (χ4v) is 2.22. The molecule has 0 fully saturated rings. The maximum atomic E-state index is 10.8. The van der Waals surface area contributed by atoms with Crippen molar-refractivity contribution in [1.82, 2.24) is 5.32 Å². The highest BCUT2D eigenvalue weighted by molar-refractivity contribution is 5.47. The average molecular weight is 294 g/mol. The summed E-state index contributed by atoms with van der Waals surface area (Å²) in [7, 11) is 0. The predicted molar refractivity (Wildman–Crippen MR) is 79.5 cm³/mol. The van der Waals surface area contributed by atoms with E-state index in [2.05, 4.69) is 5.32 Å². The van der Waals surface area contributed by atoms with Crippen LogP contribution in [0.2, 0.25) is 0 Å². The number of hydrogen-bond donors (Lipinski definition) is 1. The van der Waals surface area contributed by atoms with Gasteiger partial charge in [0.2, 0.25) is 13.0 Å². The molecule has 1 N–H and O–H groups in total. The topological polar surface area (TPSA) is 81.5 Å². The third-order valence-electron chi connectivity index (χ3n) is 3.22. The van der Waals surface area contributed by atoms with Crippen LogP contribution in [0.15, 0.2) is 30.3 Å². The van der Waals surface area contributed by atoms with E-state index in [0.29, 0.717) is 12.8 Å². The lowest BCUT2D eigenvalue weighted by molar-refractivity contribution is -0.493. The Hall–Kier alpha value is -1.95. The maximum absolute atomic E-state index is 10.8. The normalized spacial score (nSPS) is 15.0. The molecule has 1 rings (SSSR count). The Labute approximate surface area is 124 Å². The Balaban J connectivity index is 2.89. The Morgan fingerprint density at radius 2 is 2.05 bits per heavy atom. The molecule has 0 bridgehead atoms. The van der Waals surface area contributed by atoms with Gasteiger partial charge in [0.1, 0.15) is 12.2 Å². The van der Waals surface area contributed by atoms with Crippen molar-refractivity contribution in [2.75, 3.05) is 6.54 Å². The minimum Gasteiger partial charge on any atom is -0.361 e. The summed E-state index contributed by atoms with van der Waals surface area (Å²) < 4.78 is 5.94. The van der Waals surface area contributed by atoms with E-state index in [1.165, 1.54) is 0 Å². The molecule has 3 atom stereocenters. The number of rotatable bonds is 10. The van der Waals surface area contributed by atoms with Crippen LogP contribution in [0, 0.1) is 10.1 Å². The standard InChI is InChI=1S/C15H22N2O4/c1-3-7-14(10-17(19)20)21-15(12(2)16-11-18)13-8-5-4-6-9-13/h4-6,8-9,11-12,14-15H,3,7,10H2,1-2H3,(H,16,18)/t12-,14+,15+/m0/s1. The maximum Gasteiger partial charge on any atom is 0.229 e. The van der Waals surface area contributed by atoms with Crippen molar-refractivity contribution in [3.63, 3.8) is 0 Å². The zero-order valence-corrected chi connectivity index (χ0v) is 12.4. The van der Waals surface area contributed by atoms with Crippen molar-refractivity contribution in [2.45, 2.75) is 44.9 Å². The SMILES string of the molecule is CCC[C@H](C[N+](=O)[O-])O[C@@H](c1ccccc1)[C@H](C)NC=O. The lowest BCUT2D eigenvalue weighted by Crippen LogP contribution is -2.36. The highest BCUT2D eigenvalue weighted by Gasteiger charge is 2.26. The molecule has 0 unspecified atom stereocenters. The molecule has 0 saturated carbocycles. The van der Waals surface area contributed by atoms with Crippen LogP contribution in [-0.4, -0.2) is 30.0 Å². The number of nitrogens with zero attached hydrogens (tertiary/aromatic N) is 1. The molecule has 0 aliphatic carbocycles. The van der Waals surface area contributed by atoms with Gasteiger partial charge in [0, 0.05) is 4.92 Å². The Morgan fingerprint density at radius 1 is 1.38 bits per heavy atom. The van der Waals surface area contributed by atoms with E-state index >= 15 is 0 Å². The van der Waals surface area contributed by atoms with Gasteiger partial charge in [-0.25, -0.2) is 0 Å². The molecule has 0 aromatic heterocycles. The number of benzene rings is 1. The second-order valence-electron chi connectivity index (χ2n) is 4.97. The zero-order chi connectivity index (χ0) is 15.7. The van der Waals surface area contributed by atoms with Crippen molar-refractivity contribution in [3.05, 3.63) is 46.0 Å². The third-order valence-corrected chi connectivity index (χ3v) is 3.22. The van der Waals surface area contributed by atoms with Crippen LogP contribution in [0.3, 0.4) is 0 Å². The summed E-state index contributed by atoms with van der Waals surface area (Å²) in [6, 6.07) is 9.16. The van der Waals surface area contributed by atoms with Gasteiger partial charge in [-0.2, -0.15) is 0 Å². The van der Waals surface area contributed by atoms with Gasteiger partial charge < -0.3 is 10.1 Å². The van der Waals surface area contributed by atoms with Gasteiger partial charge in [-0.05, 0) is 18.9 Å². The largest absolute Gasteiger partial charge is 0.361 e. The Bertz CT molecular complexity index is 439. The highest BCUT2D eigenvalue weighted by atomic mass is 16.6. The van der Waals surface area contributed by atoms with Crippen LogP contribution in [0.1, 0.15) is 38.4 Å². The van der Waals surface area contributed by atoms with Crippen LogP contribution in [0.4, 0.5) is 0 Å². The molecule has 0 radical (unpaired) electrons. The van der Waals surface area contributed by atoms with Crippen LogP contribution < -0.4 is 5.32 Å². The molecule has 1 amide bonds. The van der Waals surface area contributed by atoms with E-state index < -0.39 is 12.2 Å². The number of amides is 1. The van der Waals surface area contributed by atoms with Crippen LogP contribution in [0.5, 0.6) is 0 Å². The molecule has 0 saturated heterocycles. The summed E-state index contributed by atoms with van der Waals surface area (Å²) in [6.45, 7) is 3.55. The third kappa shape index (κ3) is 5.91. The van der Waals surface area contributed by atoms with Gasteiger partial charge in [0.15, 0.2) is 0 Å². The van der Waals surface area contributed by atoms with Crippen molar-refractivity contribution < 1.29 is 14.5 Å².